The van der Waals surface area contributed by atoms with Gasteiger partial charge in [-0.3, -0.25) is 4.79 Å². The number of nitrogens with zero attached hydrogens (tertiary/aromatic N) is 1. The highest BCUT2D eigenvalue weighted by Crippen LogP contribution is 2.38. The van der Waals surface area contributed by atoms with E-state index in [1.54, 1.807) is 36.4 Å². The standard InChI is InChI=1S/C18H8Cl5NO/c19-10-3-1-9(2-4-10)13-8-14(18(23)25)17(22)24-16(13)12-6-5-11(20)7-15(12)21/h1-8H. The van der Waals surface area contributed by atoms with Gasteiger partial charge in [0.05, 0.1) is 16.3 Å². The monoisotopic (exact) mass is 429 g/mol. The maximum Gasteiger partial charge on any atom is 0.255 e. The Hall–Kier alpha value is -1.29. The van der Waals surface area contributed by atoms with E-state index in [-0.39, 0.29) is 10.7 Å². The van der Waals surface area contributed by atoms with Gasteiger partial charge in [0.2, 0.25) is 0 Å². The molecule has 1 aromatic heterocycles. The topological polar surface area (TPSA) is 30.0 Å². The highest BCUT2D eigenvalue weighted by molar-refractivity contribution is 6.68. The number of hydrogen-bond donors (Lipinski definition) is 0. The summed E-state index contributed by atoms with van der Waals surface area (Å²) < 4.78 is 0. The van der Waals surface area contributed by atoms with Gasteiger partial charge in [0.1, 0.15) is 5.15 Å². The molecule has 1 heterocycles. The fraction of sp³-hybridized carbons (Fsp3) is 0. The number of benzene rings is 2. The van der Waals surface area contributed by atoms with Crippen molar-refractivity contribution in [2.45, 2.75) is 0 Å². The minimum Gasteiger partial charge on any atom is -0.275 e. The van der Waals surface area contributed by atoms with Crippen LogP contribution >= 0.6 is 58.0 Å². The molecule has 0 N–H and O–H groups in total. The molecule has 3 rings (SSSR count). The smallest absolute Gasteiger partial charge is 0.255 e. The van der Waals surface area contributed by atoms with Crippen LogP contribution < -0.4 is 0 Å². The van der Waals surface area contributed by atoms with Gasteiger partial charge in [0, 0.05) is 21.2 Å². The van der Waals surface area contributed by atoms with E-state index in [1.807, 2.05) is 12.1 Å². The number of rotatable bonds is 3. The van der Waals surface area contributed by atoms with E-state index in [1.165, 1.54) is 0 Å². The SMILES string of the molecule is O=C(Cl)c1cc(-c2ccc(Cl)cc2)c(-c2ccc(Cl)cc2Cl)nc1Cl. The van der Waals surface area contributed by atoms with Crippen LogP contribution in [-0.4, -0.2) is 10.2 Å². The average Bonchev–Trinajstić information content (AvgIpc) is 2.55. The molecule has 2 nitrogen and oxygen atoms in total. The lowest BCUT2D eigenvalue weighted by Gasteiger charge is -2.13. The van der Waals surface area contributed by atoms with Crippen molar-refractivity contribution in [3.05, 3.63) is 74.3 Å². The second-order valence-electron chi connectivity index (χ2n) is 5.13. The van der Waals surface area contributed by atoms with Crippen molar-refractivity contribution in [2.75, 3.05) is 0 Å². The third-order valence-electron chi connectivity index (χ3n) is 3.53. The maximum atomic E-state index is 11.6. The maximum absolute atomic E-state index is 11.6. The summed E-state index contributed by atoms with van der Waals surface area (Å²) in [6, 6.07) is 13.7. The molecule has 7 heteroatoms. The Morgan fingerprint density at radius 2 is 1.44 bits per heavy atom. The summed E-state index contributed by atoms with van der Waals surface area (Å²) in [5.41, 5.74) is 2.69. The van der Waals surface area contributed by atoms with Gasteiger partial charge in [-0.2, -0.15) is 0 Å². The molecule has 0 radical (unpaired) electrons. The van der Waals surface area contributed by atoms with Gasteiger partial charge < -0.3 is 0 Å². The van der Waals surface area contributed by atoms with E-state index in [4.69, 9.17) is 58.0 Å². The molecule has 0 spiro atoms. The molecule has 0 aliphatic heterocycles. The average molecular weight is 432 g/mol. The predicted molar refractivity (Wildman–Crippen MR) is 105 cm³/mol. The fourth-order valence-corrected chi connectivity index (χ4v) is 3.41. The van der Waals surface area contributed by atoms with Crippen LogP contribution in [0.15, 0.2) is 48.5 Å². The van der Waals surface area contributed by atoms with E-state index < -0.39 is 5.24 Å². The van der Waals surface area contributed by atoms with Crippen LogP contribution in [0.2, 0.25) is 20.2 Å². The zero-order valence-electron chi connectivity index (χ0n) is 12.4. The van der Waals surface area contributed by atoms with E-state index in [0.717, 1.165) is 5.56 Å². The third kappa shape index (κ3) is 3.94. The molecule has 25 heavy (non-hydrogen) atoms. The van der Waals surface area contributed by atoms with Crippen molar-refractivity contribution in [3.63, 3.8) is 0 Å². The third-order valence-corrected chi connectivity index (χ3v) is 4.82. The highest BCUT2D eigenvalue weighted by Gasteiger charge is 2.19. The van der Waals surface area contributed by atoms with E-state index in [2.05, 4.69) is 4.98 Å². The van der Waals surface area contributed by atoms with Gasteiger partial charge in [0.25, 0.3) is 5.24 Å². The molecule has 0 saturated heterocycles. The molecule has 0 aliphatic carbocycles. The molecule has 3 aromatic rings. The first-order valence-electron chi connectivity index (χ1n) is 6.98. The van der Waals surface area contributed by atoms with Crippen LogP contribution in [0.25, 0.3) is 22.4 Å². The molecule has 0 saturated carbocycles. The summed E-state index contributed by atoms with van der Waals surface area (Å²) in [6.45, 7) is 0. The van der Waals surface area contributed by atoms with Crippen LogP contribution in [-0.2, 0) is 0 Å². The van der Waals surface area contributed by atoms with Crippen molar-refractivity contribution >= 4 is 63.2 Å². The molecule has 2 aromatic carbocycles. The molecular formula is C18H8Cl5NO. The largest absolute Gasteiger partial charge is 0.275 e. The fourth-order valence-electron chi connectivity index (χ4n) is 2.37. The van der Waals surface area contributed by atoms with E-state index in [9.17, 15) is 4.79 Å². The van der Waals surface area contributed by atoms with Crippen LogP contribution in [0.3, 0.4) is 0 Å². The summed E-state index contributed by atoms with van der Waals surface area (Å²) in [6.07, 6.45) is 0. The van der Waals surface area contributed by atoms with Gasteiger partial charge in [-0.1, -0.05) is 58.5 Å². The van der Waals surface area contributed by atoms with Crippen molar-refractivity contribution in [1.29, 1.82) is 0 Å². The molecule has 0 fully saturated rings. The van der Waals surface area contributed by atoms with E-state index in [0.29, 0.717) is 31.9 Å². The van der Waals surface area contributed by atoms with Gasteiger partial charge in [0.15, 0.2) is 0 Å². The number of pyridine rings is 1. The predicted octanol–water partition coefficient (Wildman–Crippen LogP) is 7.41. The molecule has 0 amide bonds. The van der Waals surface area contributed by atoms with Gasteiger partial charge in [-0.15, -0.1) is 0 Å². The number of carbonyl (C=O) groups is 1. The van der Waals surface area contributed by atoms with Crippen molar-refractivity contribution in [1.82, 2.24) is 4.98 Å². The Morgan fingerprint density at radius 1 is 0.800 bits per heavy atom. The second-order valence-corrected chi connectivity index (χ2v) is 7.11. The minimum atomic E-state index is -0.693. The minimum absolute atomic E-state index is 0.00118. The summed E-state index contributed by atoms with van der Waals surface area (Å²) in [4.78, 5) is 16.0. The Balaban J connectivity index is 2.31. The molecule has 0 unspecified atom stereocenters. The summed E-state index contributed by atoms with van der Waals surface area (Å²) in [5, 5.41) is 0.808. The lowest BCUT2D eigenvalue weighted by molar-refractivity contribution is 0.108. The Morgan fingerprint density at radius 3 is 2.04 bits per heavy atom. The van der Waals surface area contributed by atoms with Gasteiger partial charge in [-0.25, -0.2) is 4.98 Å². The quantitative estimate of drug-likeness (QED) is 0.319. The van der Waals surface area contributed by atoms with Crippen molar-refractivity contribution < 1.29 is 4.79 Å². The first kappa shape index (κ1) is 18.5. The normalized spacial score (nSPS) is 10.8. The van der Waals surface area contributed by atoms with Crippen LogP contribution in [0.4, 0.5) is 0 Å². The molecule has 0 atom stereocenters. The Bertz CT molecular complexity index is 970. The lowest BCUT2D eigenvalue weighted by Crippen LogP contribution is -1.99. The number of halogens is 5. The summed E-state index contributed by atoms with van der Waals surface area (Å²) in [7, 11) is 0. The molecule has 126 valence electrons. The number of hydrogen-bond acceptors (Lipinski definition) is 2. The van der Waals surface area contributed by atoms with Crippen LogP contribution in [0.1, 0.15) is 10.4 Å². The zero-order valence-corrected chi connectivity index (χ0v) is 16.1. The zero-order chi connectivity index (χ0) is 18.1. The highest BCUT2D eigenvalue weighted by atomic mass is 35.5. The molecular weight excluding hydrogens is 423 g/mol. The lowest BCUT2D eigenvalue weighted by atomic mass is 9.98. The summed E-state index contributed by atoms with van der Waals surface area (Å²) >= 11 is 30.0. The van der Waals surface area contributed by atoms with Crippen molar-refractivity contribution in [3.8, 4) is 22.4 Å². The summed E-state index contributed by atoms with van der Waals surface area (Å²) in [5.74, 6) is 0. The van der Waals surface area contributed by atoms with Crippen LogP contribution in [0, 0.1) is 0 Å². The van der Waals surface area contributed by atoms with Crippen molar-refractivity contribution in [2.24, 2.45) is 0 Å². The number of carbonyl (C=O) groups excluding carboxylic acids is 1. The first-order chi connectivity index (χ1) is 11.9. The second kappa shape index (κ2) is 7.53. The van der Waals surface area contributed by atoms with Gasteiger partial charge in [-0.05, 0) is 53.6 Å². The molecule has 0 aliphatic rings. The Kier molecular flexibility index (Phi) is 5.57. The van der Waals surface area contributed by atoms with Gasteiger partial charge >= 0.3 is 0 Å². The first-order valence-corrected chi connectivity index (χ1v) is 8.87. The van der Waals surface area contributed by atoms with E-state index >= 15 is 0 Å². The molecule has 0 bridgehead atoms. The Labute approximate surface area is 169 Å². The number of aromatic nitrogens is 1. The van der Waals surface area contributed by atoms with Crippen LogP contribution in [0.5, 0.6) is 0 Å².